The van der Waals surface area contributed by atoms with Crippen LogP contribution in [0.4, 0.5) is 0 Å². The molecule has 0 amide bonds. The first-order chi connectivity index (χ1) is 6.02. The quantitative estimate of drug-likeness (QED) is 0.811. The topological polar surface area (TPSA) is 37.3 Å². The van der Waals surface area contributed by atoms with E-state index in [9.17, 15) is 4.79 Å². The summed E-state index contributed by atoms with van der Waals surface area (Å²) in [7, 11) is 0. The number of aliphatic carboxylic acids is 1. The van der Waals surface area contributed by atoms with Crippen LogP contribution in [-0.4, -0.2) is 11.1 Å². The average Bonchev–Trinajstić information content (AvgIpc) is 2.03. The predicted octanol–water partition coefficient (Wildman–Crippen LogP) is 2.82. The molecule has 3 heteroatoms. The zero-order valence-corrected chi connectivity index (χ0v) is 9.13. The molecule has 0 heterocycles. The molecule has 0 saturated carbocycles. The lowest BCUT2D eigenvalue weighted by Crippen LogP contribution is -2.06. The van der Waals surface area contributed by atoms with Gasteiger partial charge in [-0.2, -0.15) is 0 Å². The van der Waals surface area contributed by atoms with Crippen LogP contribution < -0.4 is 0 Å². The van der Waals surface area contributed by atoms with Crippen molar-refractivity contribution in [2.75, 3.05) is 0 Å². The Balaban J connectivity index is 3.08. The van der Waals surface area contributed by atoms with Crippen molar-refractivity contribution < 1.29 is 9.90 Å². The molecule has 1 aromatic carbocycles. The lowest BCUT2D eigenvalue weighted by molar-refractivity contribution is -0.136. The molecule has 70 valence electrons. The van der Waals surface area contributed by atoms with Gasteiger partial charge in [-0.25, -0.2) is 0 Å². The van der Waals surface area contributed by atoms with E-state index in [-0.39, 0.29) is 0 Å². The van der Waals surface area contributed by atoms with Crippen molar-refractivity contribution >= 4 is 21.9 Å². The first-order valence-corrected chi connectivity index (χ1v) is 4.88. The fourth-order valence-corrected chi connectivity index (χ4v) is 1.76. The summed E-state index contributed by atoms with van der Waals surface area (Å²) in [6.07, 6.45) is 0. The molecule has 0 fully saturated rings. The summed E-state index contributed by atoms with van der Waals surface area (Å²) in [5.74, 6) is -0.855. The minimum Gasteiger partial charge on any atom is -0.480 e. The maximum atomic E-state index is 10.7. The van der Waals surface area contributed by atoms with Gasteiger partial charge in [-0.15, -0.1) is 0 Å². The van der Waals surface area contributed by atoms with Crippen LogP contribution in [0.3, 0.4) is 0 Å². The Hall–Kier alpha value is -0.830. The lowest BCUT2D eigenvalue weighted by atomic mass is 10.0. The molecule has 0 radical (unpaired) electrons. The number of benzene rings is 1. The molecule has 0 aliphatic carbocycles. The fourth-order valence-electron chi connectivity index (χ4n) is 1.24. The van der Waals surface area contributed by atoms with Gasteiger partial charge in [0.05, 0.1) is 0 Å². The summed E-state index contributed by atoms with van der Waals surface area (Å²) in [6.45, 7) is 3.90. The van der Waals surface area contributed by atoms with Crippen LogP contribution in [0.2, 0.25) is 0 Å². The van der Waals surface area contributed by atoms with E-state index in [1.54, 1.807) is 0 Å². The summed E-state index contributed by atoms with van der Waals surface area (Å²) in [5.41, 5.74) is 2.97. The van der Waals surface area contributed by atoms with E-state index >= 15 is 0 Å². The smallest absolute Gasteiger partial charge is 0.321 e. The second-order valence-corrected chi connectivity index (χ2v) is 3.98. The summed E-state index contributed by atoms with van der Waals surface area (Å²) >= 11 is 3.13. The molecule has 2 nitrogen and oxygen atoms in total. The third kappa shape index (κ3) is 2.31. The van der Waals surface area contributed by atoms with Gasteiger partial charge in [0.1, 0.15) is 4.83 Å². The number of carboxylic acids is 1. The summed E-state index contributed by atoms with van der Waals surface area (Å²) in [6, 6.07) is 5.74. The zero-order chi connectivity index (χ0) is 10.0. The van der Waals surface area contributed by atoms with E-state index in [0.717, 1.165) is 16.7 Å². The summed E-state index contributed by atoms with van der Waals surface area (Å²) in [5, 5.41) is 8.78. The molecule has 0 aliphatic rings. The van der Waals surface area contributed by atoms with Gasteiger partial charge in [0.15, 0.2) is 0 Å². The molecule has 0 saturated heterocycles. The number of aryl methyl sites for hydroxylation is 2. The molecule has 0 aromatic heterocycles. The van der Waals surface area contributed by atoms with Crippen molar-refractivity contribution in [3.63, 3.8) is 0 Å². The normalized spacial score (nSPS) is 12.5. The first kappa shape index (κ1) is 10.3. The molecule has 0 aliphatic heterocycles. The molecular weight excluding hydrogens is 232 g/mol. The van der Waals surface area contributed by atoms with Crippen molar-refractivity contribution in [1.29, 1.82) is 0 Å². The van der Waals surface area contributed by atoms with Gasteiger partial charge in [0, 0.05) is 0 Å². The van der Waals surface area contributed by atoms with Crippen molar-refractivity contribution in [2.24, 2.45) is 0 Å². The average molecular weight is 243 g/mol. The summed E-state index contributed by atoms with van der Waals surface area (Å²) in [4.78, 5) is 10.1. The zero-order valence-electron chi connectivity index (χ0n) is 7.54. The molecular formula is C10H11BrO2. The van der Waals surface area contributed by atoms with Gasteiger partial charge < -0.3 is 5.11 Å². The van der Waals surface area contributed by atoms with Crippen LogP contribution in [0.25, 0.3) is 0 Å². The van der Waals surface area contributed by atoms with Crippen LogP contribution in [0.1, 0.15) is 21.5 Å². The predicted molar refractivity (Wildman–Crippen MR) is 55.2 cm³/mol. The minimum atomic E-state index is -0.855. The van der Waals surface area contributed by atoms with E-state index in [1.165, 1.54) is 0 Å². The Bertz CT molecular complexity index is 334. The highest BCUT2D eigenvalue weighted by Gasteiger charge is 2.17. The summed E-state index contributed by atoms with van der Waals surface area (Å²) < 4.78 is 0. The van der Waals surface area contributed by atoms with E-state index < -0.39 is 10.8 Å². The number of halogens is 1. The molecule has 1 N–H and O–H groups in total. The monoisotopic (exact) mass is 242 g/mol. The molecule has 1 atom stereocenters. The number of hydrogen-bond donors (Lipinski definition) is 1. The SMILES string of the molecule is Cc1ccc(C(Br)C(=O)O)c(C)c1. The van der Waals surface area contributed by atoms with Crippen molar-refractivity contribution in [3.05, 3.63) is 34.9 Å². The van der Waals surface area contributed by atoms with Crippen LogP contribution in [0, 0.1) is 13.8 Å². The van der Waals surface area contributed by atoms with E-state index in [4.69, 9.17) is 5.11 Å². The largest absolute Gasteiger partial charge is 0.480 e. The van der Waals surface area contributed by atoms with Gasteiger partial charge >= 0.3 is 5.97 Å². The standard InChI is InChI=1S/C10H11BrO2/c1-6-3-4-8(7(2)5-6)9(11)10(12)13/h3-5,9H,1-2H3,(H,12,13). The third-order valence-electron chi connectivity index (χ3n) is 1.92. The maximum Gasteiger partial charge on any atom is 0.321 e. The highest BCUT2D eigenvalue weighted by atomic mass is 79.9. The maximum absolute atomic E-state index is 10.7. The number of carboxylic acid groups (broad SMARTS) is 1. The van der Waals surface area contributed by atoms with Gasteiger partial charge in [-0.05, 0) is 25.0 Å². The van der Waals surface area contributed by atoms with Gasteiger partial charge in [-0.1, -0.05) is 39.7 Å². The Morgan fingerprint density at radius 2 is 2.08 bits per heavy atom. The second-order valence-electron chi connectivity index (χ2n) is 3.06. The van der Waals surface area contributed by atoms with Gasteiger partial charge in [0.25, 0.3) is 0 Å². The van der Waals surface area contributed by atoms with Crippen molar-refractivity contribution in [3.8, 4) is 0 Å². The van der Waals surface area contributed by atoms with Gasteiger partial charge in [-0.3, -0.25) is 4.79 Å². The second kappa shape index (κ2) is 3.92. The van der Waals surface area contributed by atoms with E-state index in [0.29, 0.717) is 0 Å². The van der Waals surface area contributed by atoms with Crippen molar-refractivity contribution in [2.45, 2.75) is 18.7 Å². The number of alkyl halides is 1. The first-order valence-electron chi connectivity index (χ1n) is 3.96. The van der Waals surface area contributed by atoms with Gasteiger partial charge in [0.2, 0.25) is 0 Å². The van der Waals surface area contributed by atoms with Crippen LogP contribution >= 0.6 is 15.9 Å². The van der Waals surface area contributed by atoms with E-state index in [1.807, 2.05) is 32.0 Å². The van der Waals surface area contributed by atoms with Crippen molar-refractivity contribution in [1.82, 2.24) is 0 Å². The fraction of sp³-hybridized carbons (Fsp3) is 0.300. The molecule has 1 aromatic rings. The molecule has 0 bridgehead atoms. The highest BCUT2D eigenvalue weighted by molar-refractivity contribution is 9.09. The van der Waals surface area contributed by atoms with E-state index in [2.05, 4.69) is 15.9 Å². The minimum absolute atomic E-state index is 0.604. The van der Waals surface area contributed by atoms with Crippen LogP contribution in [0.5, 0.6) is 0 Å². The Kier molecular flexibility index (Phi) is 3.09. The molecule has 1 unspecified atom stereocenters. The Morgan fingerprint density at radius 1 is 1.46 bits per heavy atom. The number of rotatable bonds is 2. The number of carbonyl (C=O) groups is 1. The molecule has 1 rings (SSSR count). The van der Waals surface area contributed by atoms with Crippen LogP contribution in [-0.2, 0) is 4.79 Å². The Labute approximate surface area is 85.7 Å². The molecule has 13 heavy (non-hydrogen) atoms. The molecule has 0 spiro atoms. The highest BCUT2D eigenvalue weighted by Crippen LogP contribution is 2.26. The van der Waals surface area contributed by atoms with Crippen LogP contribution in [0.15, 0.2) is 18.2 Å². The third-order valence-corrected chi connectivity index (χ3v) is 2.80. The Morgan fingerprint density at radius 3 is 2.54 bits per heavy atom. The number of hydrogen-bond acceptors (Lipinski definition) is 1. The lowest BCUT2D eigenvalue weighted by Gasteiger charge is -2.09.